The zero-order chi connectivity index (χ0) is 17.6. The van der Waals surface area contributed by atoms with Crippen molar-refractivity contribution in [1.29, 1.82) is 0 Å². The van der Waals surface area contributed by atoms with Gasteiger partial charge in [0.1, 0.15) is 11.7 Å². The molecule has 0 saturated heterocycles. The Bertz CT molecular complexity index is 631. The first-order valence-corrected chi connectivity index (χ1v) is 6.74. The van der Waals surface area contributed by atoms with Crippen molar-refractivity contribution in [2.75, 3.05) is 5.32 Å². The molecule has 1 aromatic carbocycles. The Morgan fingerprint density at radius 2 is 1.83 bits per heavy atom. The van der Waals surface area contributed by atoms with Gasteiger partial charge < -0.3 is 15.4 Å². The zero-order valence-corrected chi connectivity index (χ0v) is 12.9. The van der Waals surface area contributed by atoms with Crippen LogP contribution >= 0.6 is 0 Å². The third-order valence-electron chi connectivity index (χ3n) is 2.79. The van der Waals surface area contributed by atoms with Gasteiger partial charge in [0, 0.05) is 13.0 Å². The van der Waals surface area contributed by atoms with E-state index in [0.29, 0.717) is 0 Å². The molecule has 9 nitrogen and oxygen atoms in total. The molecular formula is C14H17N3O6. The van der Waals surface area contributed by atoms with Crippen LogP contribution in [-0.4, -0.2) is 34.9 Å². The fraction of sp³-hybridized carbons (Fsp3) is 0.357. The maximum atomic E-state index is 12.0. The quantitative estimate of drug-likeness (QED) is 0.456. The van der Waals surface area contributed by atoms with Gasteiger partial charge in [-0.25, -0.2) is 4.79 Å². The van der Waals surface area contributed by atoms with Gasteiger partial charge in [0.2, 0.25) is 5.91 Å². The van der Waals surface area contributed by atoms with E-state index in [4.69, 9.17) is 4.74 Å². The van der Waals surface area contributed by atoms with E-state index >= 15 is 0 Å². The number of hydrogen-bond donors (Lipinski definition) is 2. The number of anilines is 1. The molecule has 2 N–H and O–H groups in total. The predicted molar refractivity (Wildman–Crippen MR) is 80.6 cm³/mol. The largest absolute Gasteiger partial charge is 0.451 e. The van der Waals surface area contributed by atoms with E-state index in [1.54, 1.807) is 0 Å². The summed E-state index contributed by atoms with van der Waals surface area (Å²) in [7, 11) is 0. The number of esters is 1. The number of nitrogens with one attached hydrogen (secondary N) is 2. The number of nitrogens with zero attached hydrogens (tertiary/aromatic N) is 1. The van der Waals surface area contributed by atoms with Gasteiger partial charge in [0.15, 0.2) is 6.10 Å². The van der Waals surface area contributed by atoms with E-state index < -0.39 is 34.9 Å². The summed E-state index contributed by atoms with van der Waals surface area (Å²) in [4.78, 5) is 44.8. The van der Waals surface area contributed by atoms with E-state index in [-0.39, 0.29) is 11.4 Å². The van der Waals surface area contributed by atoms with Crippen LogP contribution in [0.5, 0.6) is 0 Å². The average molecular weight is 323 g/mol. The van der Waals surface area contributed by atoms with E-state index in [1.807, 2.05) is 0 Å². The van der Waals surface area contributed by atoms with Crippen LogP contribution in [0.3, 0.4) is 0 Å². The highest BCUT2D eigenvalue weighted by molar-refractivity contribution is 5.97. The fourth-order valence-electron chi connectivity index (χ4n) is 1.67. The second kappa shape index (κ2) is 7.87. The van der Waals surface area contributed by atoms with E-state index in [9.17, 15) is 24.5 Å². The highest BCUT2D eigenvalue weighted by Gasteiger charge is 2.24. The predicted octanol–water partition coefficient (Wildman–Crippen LogP) is 0.990. The summed E-state index contributed by atoms with van der Waals surface area (Å²) in [5.74, 6) is -1.92. The molecule has 0 aromatic heterocycles. The smallest absolute Gasteiger partial charge is 0.329 e. The van der Waals surface area contributed by atoms with Crippen molar-refractivity contribution in [3.05, 3.63) is 34.4 Å². The first-order chi connectivity index (χ1) is 10.7. The number of nitro groups is 1. The lowest BCUT2D eigenvalue weighted by molar-refractivity contribution is -0.383. The number of carbonyl (C=O) groups is 3. The molecule has 1 rings (SSSR count). The van der Waals surface area contributed by atoms with Crippen LogP contribution in [-0.2, 0) is 19.1 Å². The minimum Gasteiger partial charge on any atom is -0.451 e. The summed E-state index contributed by atoms with van der Waals surface area (Å²) in [6.45, 7) is 3.98. The Morgan fingerprint density at radius 3 is 2.39 bits per heavy atom. The Hall–Kier alpha value is -2.97. The summed E-state index contributed by atoms with van der Waals surface area (Å²) in [6, 6.07) is 4.69. The molecule has 0 radical (unpaired) electrons. The van der Waals surface area contributed by atoms with Crippen molar-refractivity contribution in [2.45, 2.75) is 32.9 Å². The monoisotopic (exact) mass is 323 g/mol. The standard InChI is InChI=1S/C14H17N3O6/c1-8(15-10(3)18)14(20)23-9(2)13(19)16-11-6-4-5-7-12(11)17(21)22/h4-9H,1-3H3,(H,15,18)(H,16,19). The average Bonchev–Trinajstić information content (AvgIpc) is 2.46. The Labute approximate surface area is 132 Å². The number of amides is 2. The molecule has 2 atom stereocenters. The molecule has 0 fully saturated rings. The fourth-order valence-corrected chi connectivity index (χ4v) is 1.67. The van der Waals surface area contributed by atoms with Crippen LogP contribution in [0.4, 0.5) is 11.4 Å². The molecule has 124 valence electrons. The molecule has 0 aliphatic heterocycles. The van der Waals surface area contributed by atoms with Crippen LogP contribution in [0.15, 0.2) is 24.3 Å². The molecule has 2 unspecified atom stereocenters. The lowest BCUT2D eigenvalue weighted by atomic mass is 10.2. The molecule has 2 amide bonds. The molecule has 0 saturated carbocycles. The maximum Gasteiger partial charge on any atom is 0.329 e. The van der Waals surface area contributed by atoms with Gasteiger partial charge in [-0.3, -0.25) is 19.7 Å². The molecule has 0 aliphatic rings. The van der Waals surface area contributed by atoms with E-state index in [1.165, 1.54) is 45.0 Å². The molecule has 0 bridgehead atoms. The van der Waals surface area contributed by atoms with Gasteiger partial charge in [0.25, 0.3) is 11.6 Å². The van der Waals surface area contributed by atoms with Crippen LogP contribution in [0, 0.1) is 10.1 Å². The first-order valence-electron chi connectivity index (χ1n) is 6.74. The minimum absolute atomic E-state index is 0.000286. The number of ether oxygens (including phenoxy) is 1. The van der Waals surface area contributed by atoms with Gasteiger partial charge >= 0.3 is 5.97 Å². The van der Waals surface area contributed by atoms with E-state index in [0.717, 1.165) is 0 Å². The van der Waals surface area contributed by atoms with Crippen LogP contribution in [0.25, 0.3) is 0 Å². The third-order valence-corrected chi connectivity index (χ3v) is 2.79. The molecule has 23 heavy (non-hydrogen) atoms. The Balaban J connectivity index is 2.70. The number of carbonyl (C=O) groups excluding carboxylic acids is 3. The number of benzene rings is 1. The van der Waals surface area contributed by atoms with Gasteiger partial charge in [-0.2, -0.15) is 0 Å². The number of nitro benzene ring substituents is 1. The summed E-state index contributed by atoms with van der Waals surface area (Å²) in [5, 5.41) is 15.5. The molecule has 9 heteroatoms. The summed E-state index contributed by atoms with van der Waals surface area (Å²) < 4.78 is 4.91. The molecule has 1 aromatic rings. The highest BCUT2D eigenvalue weighted by Crippen LogP contribution is 2.23. The van der Waals surface area contributed by atoms with Gasteiger partial charge in [0.05, 0.1) is 4.92 Å². The van der Waals surface area contributed by atoms with Gasteiger partial charge in [-0.05, 0) is 19.9 Å². The molecule has 0 spiro atoms. The second-order valence-corrected chi connectivity index (χ2v) is 4.76. The van der Waals surface area contributed by atoms with Crippen molar-refractivity contribution in [1.82, 2.24) is 5.32 Å². The van der Waals surface area contributed by atoms with Crippen LogP contribution in [0.2, 0.25) is 0 Å². The van der Waals surface area contributed by atoms with E-state index in [2.05, 4.69) is 10.6 Å². The summed E-state index contributed by atoms with van der Waals surface area (Å²) in [5.41, 5.74) is -0.272. The number of hydrogen-bond acceptors (Lipinski definition) is 6. The maximum absolute atomic E-state index is 12.0. The van der Waals surface area contributed by atoms with Crippen molar-refractivity contribution >= 4 is 29.2 Å². The zero-order valence-electron chi connectivity index (χ0n) is 12.9. The number of rotatable bonds is 6. The van der Waals surface area contributed by atoms with Gasteiger partial charge in [-0.1, -0.05) is 12.1 Å². The Morgan fingerprint density at radius 1 is 1.22 bits per heavy atom. The number of para-hydroxylation sites is 2. The van der Waals surface area contributed by atoms with Crippen molar-refractivity contribution in [2.24, 2.45) is 0 Å². The molecule has 0 heterocycles. The lowest BCUT2D eigenvalue weighted by Crippen LogP contribution is -2.41. The van der Waals surface area contributed by atoms with Gasteiger partial charge in [-0.15, -0.1) is 0 Å². The van der Waals surface area contributed by atoms with Crippen molar-refractivity contribution < 1.29 is 24.0 Å². The Kier molecular flexibility index (Phi) is 6.19. The summed E-state index contributed by atoms with van der Waals surface area (Å²) in [6.07, 6.45) is -1.18. The topological polar surface area (TPSA) is 128 Å². The molecule has 0 aliphatic carbocycles. The highest BCUT2D eigenvalue weighted by atomic mass is 16.6. The van der Waals surface area contributed by atoms with Crippen LogP contribution < -0.4 is 10.6 Å². The normalized spacial score (nSPS) is 12.7. The molecular weight excluding hydrogens is 306 g/mol. The van der Waals surface area contributed by atoms with Crippen LogP contribution in [0.1, 0.15) is 20.8 Å². The minimum atomic E-state index is -1.18. The SMILES string of the molecule is CC(=O)NC(C)C(=O)OC(C)C(=O)Nc1ccccc1[N+](=O)[O-]. The van der Waals surface area contributed by atoms with Crippen molar-refractivity contribution in [3.8, 4) is 0 Å². The third kappa shape index (κ3) is 5.38. The first kappa shape index (κ1) is 18.1. The van der Waals surface area contributed by atoms with Crippen molar-refractivity contribution in [3.63, 3.8) is 0 Å². The summed E-state index contributed by atoms with van der Waals surface area (Å²) >= 11 is 0. The second-order valence-electron chi connectivity index (χ2n) is 4.76. The lowest BCUT2D eigenvalue weighted by Gasteiger charge is -2.17.